The van der Waals surface area contributed by atoms with E-state index in [1.807, 2.05) is 90.1 Å². The van der Waals surface area contributed by atoms with Crippen LogP contribution in [0.2, 0.25) is 0 Å². The van der Waals surface area contributed by atoms with Gasteiger partial charge in [0.05, 0.1) is 29.6 Å². The zero-order valence-electron chi connectivity index (χ0n) is 46.1. The van der Waals surface area contributed by atoms with Crippen LogP contribution < -0.4 is 31.9 Å². The first-order chi connectivity index (χ1) is 35.8. The number of halogens is 2. The highest BCUT2D eigenvalue weighted by Gasteiger charge is 2.55. The summed E-state index contributed by atoms with van der Waals surface area (Å²) in [5, 5.41) is 18.0. The smallest absolute Gasteiger partial charge is 0.246 e. The molecule has 0 spiro atoms. The summed E-state index contributed by atoms with van der Waals surface area (Å²) < 4.78 is 31.0. The summed E-state index contributed by atoms with van der Waals surface area (Å²) >= 11 is 0. The fourth-order valence-corrected chi connectivity index (χ4v) is 10.9. The van der Waals surface area contributed by atoms with Gasteiger partial charge in [0.2, 0.25) is 41.4 Å². The van der Waals surface area contributed by atoms with Gasteiger partial charge in [-0.25, -0.2) is 8.78 Å². The van der Waals surface area contributed by atoms with Crippen molar-refractivity contribution in [3.8, 4) is 0 Å². The Morgan fingerprint density at radius 3 is 1.86 bits per heavy atom. The molecule has 1 saturated heterocycles. The normalized spacial score (nSPS) is 21.9. The first-order valence-corrected chi connectivity index (χ1v) is 26.9. The van der Waals surface area contributed by atoms with Gasteiger partial charge in [-0.2, -0.15) is 0 Å². The van der Waals surface area contributed by atoms with E-state index in [0.29, 0.717) is 19.3 Å². The Balaban J connectivity index is 1.21. The second-order valence-electron chi connectivity index (χ2n) is 23.7. The molecule has 7 rings (SSSR count). The molecule has 4 aliphatic rings. The Kier molecular flexibility index (Phi) is 17.5. The molecule has 0 bridgehead atoms. The fourth-order valence-electron chi connectivity index (χ4n) is 10.9. The average Bonchev–Trinajstić information content (AvgIpc) is 4.07. The van der Waals surface area contributed by atoms with Gasteiger partial charge in [-0.3, -0.25) is 33.6 Å². The third kappa shape index (κ3) is 12.4. The Hall–Kier alpha value is -6.27. The SMILES string of the molecule is CN[C@@H](C)C(=O)N[C@H](C(=O)N1CC(NC(=O)C2(CN(C(=O)[C@@H]3Cc4ccccc4CN3C(=O)[C@@H](NC(=O)[C@H](C)NC)C(C)(C)C)[C@H](C)c3cccc(F)c3F)CC2)C[C@H]1C(=O)NC1CCCc2ccccc21)C(C)(C)C. The fraction of sp³-hybridized carbons (Fsp3) is 0.569. The molecule has 6 N–H and O–H groups in total. The van der Waals surface area contributed by atoms with Crippen molar-refractivity contribution < 1.29 is 42.3 Å². The number of amides is 7. The highest BCUT2D eigenvalue weighted by Crippen LogP contribution is 2.49. The molecule has 9 atom stereocenters. The molecule has 3 aromatic rings. The Labute approximate surface area is 446 Å². The molecule has 3 aromatic carbocycles. The number of aryl methyl sites for hydroxylation is 1. The molecule has 2 heterocycles. The van der Waals surface area contributed by atoms with Crippen molar-refractivity contribution in [1.29, 1.82) is 0 Å². The summed E-state index contributed by atoms with van der Waals surface area (Å²) in [6, 6.07) is 11.4. The lowest BCUT2D eigenvalue weighted by molar-refractivity contribution is -0.153. The van der Waals surface area contributed by atoms with Crippen LogP contribution >= 0.6 is 0 Å². The van der Waals surface area contributed by atoms with E-state index < -0.39 is 118 Å². The van der Waals surface area contributed by atoms with Gasteiger partial charge in [-0.15, -0.1) is 0 Å². The minimum absolute atomic E-state index is 0.0186. The van der Waals surface area contributed by atoms with Crippen LogP contribution in [-0.4, -0.2) is 126 Å². The molecular weight excluding hydrogens is 973 g/mol. The van der Waals surface area contributed by atoms with Crippen LogP contribution in [0.4, 0.5) is 8.78 Å². The molecule has 2 aliphatic carbocycles. The van der Waals surface area contributed by atoms with Gasteiger partial charge in [0.25, 0.3) is 0 Å². The summed E-state index contributed by atoms with van der Waals surface area (Å²) in [4.78, 5) is 106. The topological polar surface area (TPSA) is 201 Å². The third-order valence-electron chi connectivity index (χ3n) is 16.2. The van der Waals surface area contributed by atoms with Crippen LogP contribution in [0.3, 0.4) is 0 Å². The number of carbonyl (C=O) groups is 7. The van der Waals surface area contributed by atoms with Crippen LogP contribution in [0.1, 0.15) is 134 Å². The summed E-state index contributed by atoms with van der Waals surface area (Å²) in [7, 11) is 3.27. The number of nitrogens with one attached hydrogen (secondary N) is 6. The number of rotatable bonds is 17. The minimum Gasteiger partial charge on any atom is -0.351 e. The highest BCUT2D eigenvalue weighted by molar-refractivity contribution is 5.96. The van der Waals surface area contributed by atoms with Crippen molar-refractivity contribution in [2.24, 2.45) is 16.2 Å². The first-order valence-electron chi connectivity index (χ1n) is 26.9. The second-order valence-corrected chi connectivity index (χ2v) is 23.7. The molecule has 18 heteroatoms. The van der Waals surface area contributed by atoms with Gasteiger partial charge >= 0.3 is 0 Å². The van der Waals surface area contributed by atoms with Gasteiger partial charge in [0, 0.05) is 37.7 Å². The molecule has 0 aromatic heterocycles. The van der Waals surface area contributed by atoms with Crippen LogP contribution in [0.15, 0.2) is 66.7 Å². The van der Waals surface area contributed by atoms with E-state index in [-0.39, 0.29) is 44.1 Å². The van der Waals surface area contributed by atoms with Crippen LogP contribution in [-0.2, 0) is 52.9 Å². The number of hydrogen-bond donors (Lipinski definition) is 6. The minimum atomic E-state index is -1.23. The summed E-state index contributed by atoms with van der Waals surface area (Å²) in [6.07, 6.45) is 3.19. The molecule has 1 saturated carbocycles. The zero-order valence-corrected chi connectivity index (χ0v) is 46.1. The molecule has 2 fully saturated rings. The summed E-state index contributed by atoms with van der Waals surface area (Å²) in [5.74, 6) is -5.49. The number of hydrogen-bond acceptors (Lipinski definition) is 9. The number of likely N-dealkylation sites (tertiary alicyclic amines) is 1. The Morgan fingerprint density at radius 1 is 0.711 bits per heavy atom. The maximum Gasteiger partial charge on any atom is 0.246 e. The molecule has 2 aliphatic heterocycles. The van der Waals surface area contributed by atoms with Crippen molar-refractivity contribution in [3.05, 3.63) is 106 Å². The monoisotopic (exact) mass is 1050 g/mol. The standard InChI is InChI=1S/C58H79F2N9O7/c1-33(61-10)49(70)65-47(56(4,5)6)53(74)67-30-38-20-13-12-19-37(38)28-45(67)52(73)69(35(3)40-23-17-24-42(59)46(40)60)32-58(26-27-58)55(76)63-39-29-44(51(72)64-43-25-16-21-36-18-14-15-22-41(36)43)68(31-39)54(75)48(57(7,8)9)66-50(71)34(2)62-11/h12-15,17-20,22-24,33-35,39,43-45,47-48,61-62H,16,21,25-32H2,1-11H3,(H,63,76)(H,64,72)(H,65,70)(H,66,71)/t33-,34-,35+,39?,43?,44-,45-,47+,48+/m0/s1. The first kappa shape index (κ1) is 57.4. The molecule has 0 radical (unpaired) electrons. The van der Waals surface area contributed by atoms with Crippen LogP contribution in [0, 0.1) is 27.9 Å². The molecule has 2 unspecified atom stereocenters. The number of fused-ring (bicyclic) bond motifs is 2. The zero-order chi connectivity index (χ0) is 55.6. The molecule has 7 amide bonds. The van der Waals surface area contributed by atoms with Crippen molar-refractivity contribution in [3.63, 3.8) is 0 Å². The van der Waals surface area contributed by atoms with Crippen LogP contribution in [0.25, 0.3) is 0 Å². The van der Waals surface area contributed by atoms with E-state index in [1.54, 1.807) is 34.9 Å². The van der Waals surface area contributed by atoms with E-state index in [2.05, 4.69) is 31.9 Å². The van der Waals surface area contributed by atoms with Crippen LogP contribution in [0.5, 0.6) is 0 Å². The highest BCUT2D eigenvalue weighted by atomic mass is 19.2. The molecule has 16 nitrogen and oxygen atoms in total. The molecule has 76 heavy (non-hydrogen) atoms. The van der Waals surface area contributed by atoms with Gasteiger partial charge in [-0.05, 0) is 113 Å². The lowest BCUT2D eigenvalue weighted by Crippen LogP contribution is -2.62. The van der Waals surface area contributed by atoms with Gasteiger partial charge < -0.3 is 46.6 Å². The number of benzene rings is 3. The maximum absolute atomic E-state index is 15.9. The van der Waals surface area contributed by atoms with Gasteiger partial charge in [0.15, 0.2) is 11.6 Å². The molecular formula is C58H79F2N9O7. The summed E-state index contributed by atoms with van der Waals surface area (Å²) in [6.45, 7) is 15.6. The van der Waals surface area contributed by atoms with Crippen molar-refractivity contribution >= 4 is 41.4 Å². The largest absolute Gasteiger partial charge is 0.351 e. The molecule has 412 valence electrons. The quantitative estimate of drug-likeness (QED) is 0.106. The average molecular weight is 1050 g/mol. The third-order valence-corrected chi connectivity index (χ3v) is 16.2. The van der Waals surface area contributed by atoms with E-state index >= 15 is 23.2 Å². The number of likely N-dealkylation sites (N-methyl/N-ethyl adjacent to an activating group) is 2. The summed E-state index contributed by atoms with van der Waals surface area (Å²) in [5.41, 5.74) is 0.812. The lowest BCUT2D eigenvalue weighted by atomic mass is 9.84. The van der Waals surface area contributed by atoms with Crippen molar-refractivity contribution in [1.82, 2.24) is 46.6 Å². The van der Waals surface area contributed by atoms with E-state index in [1.165, 1.54) is 26.8 Å². The van der Waals surface area contributed by atoms with E-state index in [9.17, 15) is 19.2 Å². The van der Waals surface area contributed by atoms with Crippen molar-refractivity contribution in [2.45, 2.75) is 168 Å². The lowest BCUT2D eigenvalue weighted by Gasteiger charge is -2.44. The Morgan fingerprint density at radius 2 is 1.28 bits per heavy atom. The maximum atomic E-state index is 15.9. The predicted octanol–water partition coefficient (Wildman–Crippen LogP) is 5.15. The Bertz CT molecular complexity index is 2680. The number of nitrogens with zero attached hydrogens (tertiary/aromatic N) is 3. The van der Waals surface area contributed by atoms with E-state index in [4.69, 9.17) is 0 Å². The second kappa shape index (κ2) is 23.1. The van der Waals surface area contributed by atoms with Crippen molar-refractivity contribution in [2.75, 3.05) is 27.2 Å². The number of carbonyl (C=O) groups excluding carboxylic acids is 7. The van der Waals surface area contributed by atoms with E-state index in [0.717, 1.165) is 41.2 Å². The van der Waals surface area contributed by atoms with Gasteiger partial charge in [-0.1, -0.05) is 102 Å². The van der Waals surface area contributed by atoms with Gasteiger partial charge in [0.1, 0.15) is 24.2 Å². The predicted molar refractivity (Wildman–Crippen MR) is 285 cm³/mol.